The Morgan fingerprint density at radius 3 is 1.30 bits per heavy atom. The molecule has 0 heterocycles. The smallest absolute Gasteiger partial charge is 0.268 e. The third kappa shape index (κ3) is 45.3. The number of amides is 1. The van der Waals surface area contributed by atoms with Crippen LogP contribution in [-0.4, -0.2) is 68.5 Å². The van der Waals surface area contributed by atoms with Gasteiger partial charge in [-0.15, -0.1) is 0 Å². The Morgan fingerprint density at radius 2 is 0.917 bits per heavy atom. The fraction of sp³-hybridized carbons (Fsp3) is 0.941. The van der Waals surface area contributed by atoms with Crippen molar-refractivity contribution >= 4 is 13.7 Å². The highest BCUT2D eigenvalue weighted by Crippen LogP contribution is 2.38. The standard InChI is InChI=1S/C51H103N2O6P/c1-6-8-10-12-14-16-18-20-22-23-24-25-26-27-28-29-31-33-35-37-39-41-43-45-51(55)52-49(48-59-60(56,57)58-47-46-53(3,4)5)50(54)44-42-40-38-36-34-32-30-21-19-17-15-13-11-9-7-2/h23-24,49-50,54H,6-22,25-48H2,1-5H3,(H-,52,55,56,57)/b24-23-. The van der Waals surface area contributed by atoms with E-state index in [0.29, 0.717) is 23.9 Å². The van der Waals surface area contributed by atoms with Gasteiger partial charge in [0, 0.05) is 6.42 Å². The molecule has 0 aromatic heterocycles. The molecular weight excluding hydrogens is 768 g/mol. The van der Waals surface area contributed by atoms with E-state index in [0.717, 1.165) is 38.5 Å². The highest BCUT2D eigenvalue weighted by Gasteiger charge is 2.24. The number of carbonyl (C=O) groups excluding carboxylic acids is 1. The van der Waals surface area contributed by atoms with Gasteiger partial charge < -0.3 is 28.8 Å². The second-order valence-corrected chi connectivity index (χ2v) is 20.6. The molecule has 8 nitrogen and oxygen atoms in total. The lowest BCUT2D eigenvalue weighted by atomic mass is 10.0. The van der Waals surface area contributed by atoms with Crippen LogP contribution in [0.1, 0.15) is 258 Å². The van der Waals surface area contributed by atoms with Gasteiger partial charge >= 0.3 is 0 Å². The minimum Gasteiger partial charge on any atom is -0.756 e. The van der Waals surface area contributed by atoms with Crippen molar-refractivity contribution in [1.82, 2.24) is 5.32 Å². The summed E-state index contributed by atoms with van der Waals surface area (Å²) in [6, 6.07) is -0.797. The number of nitrogens with zero attached hydrogens (tertiary/aromatic N) is 1. The first-order valence-electron chi connectivity index (χ1n) is 26.0. The molecule has 0 aromatic rings. The summed E-state index contributed by atoms with van der Waals surface area (Å²) in [7, 11) is 1.31. The molecule has 3 unspecified atom stereocenters. The van der Waals surface area contributed by atoms with Crippen LogP contribution in [0, 0.1) is 0 Å². The Labute approximate surface area is 373 Å². The van der Waals surface area contributed by atoms with Crippen LogP contribution in [0.4, 0.5) is 0 Å². The van der Waals surface area contributed by atoms with Crippen LogP contribution in [0.5, 0.6) is 0 Å². The number of aliphatic hydroxyl groups is 1. The van der Waals surface area contributed by atoms with Gasteiger partial charge in [-0.3, -0.25) is 9.36 Å². The lowest BCUT2D eigenvalue weighted by Crippen LogP contribution is -2.46. The van der Waals surface area contributed by atoms with Crippen molar-refractivity contribution in [2.75, 3.05) is 40.9 Å². The molecule has 3 atom stereocenters. The average Bonchev–Trinajstić information content (AvgIpc) is 3.20. The maximum atomic E-state index is 12.9. The third-order valence-corrected chi connectivity index (χ3v) is 13.0. The van der Waals surface area contributed by atoms with Gasteiger partial charge in [0.15, 0.2) is 0 Å². The lowest BCUT2D eigenvalue weighted by Gasteiger charge is -2.30. The second-order valence-electron chi connectivity index (χ2n) is 19.2. The molecule has 0 aliphatic rings. The molecule has 0 fully saturated rings. The van der Waals surface area contributed by atoms with Gasteiger partial charge in [0.25, 0.3) is 7.82 Å². The third-order valence-electron chi connectivity index (χ3n) is 12.0. The summed E-state index contributed by atoms with van der Waals surface area (Å²) < 4.78 is 23.3. The zero-order valence-electron chi connectivity index (χ0n) is 40.7. The monoisotopic (exact) mass is 871 g/mol. The molecule has 9 heteroatoms. The summed E-state index contributed by atoms with van der Waals surface area (Å²) in [5.41, 5.74) is 0. The number of likely N-dealkylation sites (N-methyl/N-ethyl adjacent to an activating group) is 1. The molecule has 0 spiro atoms. The Bertz CT molecular complexity index is 989. The SMILES string of the molecule is CCCCCCCCCC/C=C\CCCCCCCCCCCCCC(=O)NC(COP(=O)([O-])OCC[N+](C)(C)C)C(O)CCCCCCCCCCCCCCCCC. The number of nitrogens with one attached hydrogen (secondary N) is 1. The van der Waals surface area contributed by atoms with E-state index in [2.05, 4.69) is 31.3 Å². The number of unbranched alkanes of at least 4 members (excludes halogenated alkanes) is 33. The molecule has 0 aliphatic heterocycles. The molecule has 60 heavy (non-hydrogen) atoms. The maximum Gasteiger partial charge on any atom is 0.268 e. The fourth-order valence-electron chi connectivity index (χ4n) is 7.86. The average molecular weight is 871 g/mol. The molecule has 0 aliphatic carbocycles. The number of allylic oxidation sites excluding steroid dienone is 2. The number of carbonyl (C=O) groups is 1. The van der Waals surface area contributed by atoms with Crippen molar-refractivity contribution in [3.8, 4) is 0 Å². The molecule has 0 rings (SSSR count). The molecule has 0 saturated carbocycles. The van der Waals surface area contributed by atoms with Crippen LogP contribution in [0.2, 0.25) is 0 Å². The van der Waals surface area contributed by atoms with E-state index in [1.807, 2.05) is 21.1 Å². The van der Waals surface area contributed by atoms with Gasteiger partial charge in [0.05, 0.1) is 39.9 Å². The summed E-state index contributed by atoms with van der Waals surface area (Å²) >= 11 is 0. The van der Waals surface area contributed by atoms with Gasteiger partial charge in [0.2, 0.25) is 5.91 Å². The minimum absolute atomic E-state index is 0.0144. The first kappa shape index (κ1) is 59.2. The first-order chi connectivity index (χ1) is 29.0. The Hall–Kier alpha value is -0.760. The summed E-state index contributed by atoms with van der Waals surface area (Å²) in [5, 5.41) is 14.0. The van der Waals surface area contributed by atoms with E-state index in [-0.39, 0.29) is 19.1 Å². The lowest BCUT2D eigenvalue weighted by molar-refractivity contribution is -0.870. The van der Waals surface area contributed by atoms with Crippen molar-refractivity contribution < 1.29 is 32.9 Å². The van der Waals surface area contributed by atoms with E-state index < -0.39 is 20.0 Å². The van der Waals surface area contributed by atoms with Crippen LogP contribution >= 0.6 is 7.82 Å². The van der Waals surface area contributed by atoms with Crippen molar-refractivity contribution in [1.29, 1.82) is 0 Å². The zero-order chi connectivity index (χ0) is 44.3. The minimum atomic E-state index is -4.56. The van der Waals surface area contributed by atoms with E-state index in [1.54, 1.807) is 0 Å². The van der Waals surface area contributed by atoms with Crippen LogP contribution in [0.25, 0.3) is 0 Å². The number of phosphoric ester groups is 1. The second kappa shape index (κ2) is 43.5. The van der Waals surface area contributed by atoms with Crippen molar-refractivity contribution in [2.24, 2.45) is 0 Å². The predicted molar refractivity (Wildman–Crippen MR) is 256 cm³/mol. The molecular formula is C51H103N2O6P. The topological polar surface area (TPSA) is 108 Å². The van der Waals surface area contributed by atoms with E-state index >= 15 is 0 Å². The number of hydrogen-bond donors (Lipinski definition) is 2. The molecule has 358 valence electrons. The van der Waals surface area contributed by atoms with E-state index in [1.165, 1.54) is 193 Å². The van der Waals surface area contributed by atoms with Gasteiger partial charge in [0.1, 0.15) is 13.2 Å². The fourth-order valence-corrected chi connectivity index (χ4v) is 8.58. The van der Waals surface area contributed by atoms with Gasteiger partial charge in [-0.05, 0) is 38.5 Å². The number of quaternary nitrogens is 1. The summed E-state index contributed by atoms with van der Waals surface area (Å²) in [6.07, 6.45) is 50.8. The number of hydrogen-bond acceptors (Lipinski definition) is 6. The summed E-state index contributed by atoms with van der Waals surface area (Å²) in [6.45, 7) is 4.75. The Kier molecular flexibility index (Phi) is 42.9. The Balaban J connectivity index is 4.19. The van der Waals surface area contributed by atoms with E-state index in [4.69, 9.17) is 9.05 Å². The van der Waals surface area contributed by atoms with Crippen LogP contribution < -0.4 is 10.2 Å². The molecule has 1 amide bonds. The number of rotatable bonds is 48. The predicted octanol–water partition coefficient (Wildman–Crippen LogP) is 14.5. The highest BCUT2D eigenvalue weighted by molar-refractivity contribution is 7.45. The largest absolute Gasteiger partial charge is 0.756 e. The van der Waals surface area contributed by atoms with Crippen molar-refractivity contribution in [3.63, 3.8) is 0 Å². The normalized spacial score (nSPS) is 14.2. The quantitative estimate of drug-likeness (QED) is 0.0273. The molecule has 0 bridgehead atoms. The van der Waals surface area contributed by atoms with Crippen LogP contribution in [0.3, 0.4) is 0 Å². The van der Waals surface area contributed by atoms with Crippen molar-refractivity contribution in [3.05, 3.63) is 12.2 Å². The molecule has 0 aromatic carbocycles. The van der Waals surface area contributed by atoms with Gasteiger partial charge in [-0.25, -0.2) is 0 Å². The first-order valence-corrected chi connectivity index (χ1v) is 27.5. The Morgan fingerprint density at radius 1 is 0.567 bits per heavy atom. The number of aliphatic hydroxyl groups excluding tert-OH is 1. The molecule has 0 radical (unpaired) electrons. The van der Waals surface area contributed by atoms with Gasteiger partial charge in [-0.2, -0.15) is 0 Å². The van der Waals surface area contributed by atoms with Crippen LogP contribution in [-0.2, 0) is 18.4 Å². The van der Waals surface area contributed by atoms with Gasteiger partial charge in [-0.1, -0.05) is 225 Å². The summed E-state index contributed by atoms with van der Waals surface area (Å²) in [5.74, 6) is -0.162. The van der Waals surface area contributed by atoms with Crippen LogP contribution in [0.15, 0.2) is 12.2 Å². The molecule has 0 saturated heterocycles. The molecule has 2 N–H and O–H groups in total. The summed E-state index contributed by atoms with van der Waals surface area (Å²) in [4.78, 5) is 25.4. The number of phosphoric acid groups is 1. The maximum absolute atomic E-state index is 12.9. The zero-order valence-corrected chi connectivity index (χ0v) is 41.6. The van der Waals surface area contributed by atoms with E-state index in [9.17, 15) is 19.4 Å². The highest BCUT2D eigenvalue weighted by atomic mass is 31.2. The van der Waals surface area contributed by atoms with Crippen molar-refractivity contribution in [2.45, 2.75) is 270 Å².